The highest BCUT2D eigenvalue weighted by molar-refractivity contribution is 9.10. The summed E-state index contributed by atoms with van der Waals surface area (Å²) >= 11 is 3.55. The molecule has 2 aromatic heterocycles. The van der Waals surface area contributed by atoms with E-state index in [2.05, 4.69) is 59.7 Å². The molecule has 0 aliphatic heterocycles. The number of aromatic amines is 2. The first-order valence-electron chi connectivity index (χ1n) is 6.36. The lowest BCUT2D eigenvalue weighted by molar-refractivity contribution is 0.583. The number of hydrogen-bond acceptors (Lipinski definition) is 3. The minimum atomic E-state index is 0.230. The highest BCUT2D eigenvalue weighted by Crippen LogP contribution is 2.38. The topological polar surface area (TPSA) is 70.2 Å². The van der Waals surface area contributed by atoms with Gasteiger partial charge in [-0.25, -0.2) is 0 Å². The Morgan fingerprint density at radius 1 is 1.32 bits per heavy atom. The molecule has 1 aliphatic carbocycles. The van der Waals surface area contributed by atoms with Gasteiger partial charge in [-0.1, -0.05) is 21.1 Å². The van der Waals surface area contributed by atoms with E-state index in [9.17, 15) is 0 Å². The van der Waals surface area contributed by atoms with Gasteiger partial charge in [0.2, 0.25) is 0 Å². The molecule has 3 aromatic rings. The number of hydrogen-bond donors (Lipinski definition) is 2. The van der Waals surface area contributed by atoms with Gasteiger partial charge in [-0.15, -0.1) is 10.2 Å². The smallest absolute Gasteiger partial charge is 0.183 e. The summed E-state index contributed by atoms with van der Waals surface area (Å²) in [5, 5.41) is 15.8. The normalized spacial score (nSPS) is 18.7. The SMILES string of the molecule is Brc1ccc2[nH]c3c(c2c1)CCC[C@@H]3c1nn[nH]n1. The van der Waals surface area contributed by atoms with Crippen LogP contribution in [0.5, 0.6) is 0 Å². The van der Waals surface area contributed by atoms with Crippen LogP contribution in [0.1, 0.15) is 35.8 Å². The van der Waals surface area contributed by atoms with E-state index >= 15 is 0 Å². The largest absolute Gasteiger partial charge is 0.358 e. The van der Waals surface area contributed by atoms with Crippen LogP contribution in [0.15, 0.2) is 22.7 Å². The number of benzene rings is 1. The van der Waals surface area contributed by atoms with E-state index < -0.39 is 0 Å². The Hall–Kier alpha value is -1.69. The number of aromatic nitrogens is 5. The molecule has 2 heterocycles. The molecule has 2 N–H and O–H groups in total. The van der Waals surface area contributed by atoms with Gasteiger partial charge in [0.25, 0.3) is 0 Å². The second kappa shape index (κ2) is 4.16. The first-order chi connectivity index (χ1) is 9.33. The van der Waals surface area contributed by atoms with Gasteiger partial charge >= 0.3 is 0 Å². The third-order valence-electron chi connectivity index (χ3n) is 3.84. The van der Waals surface area contributed by atoms with Crippen molar-refractivity contribution in [3.05, 3.63) is 39.8 Å². The summed E-state index contributed by atoms with van der Waals surface area (Å²) < 4.78 is 1.11. The molecular weight excluding hydrogens is 306 g/mol. The molecule has 1 aliphatic rings. The van der Waals surface area contributed by atoms with E-state index in [1.165, 1.54) is 22.2 Å². The highest BCUT2D eigenvalue weighted by Gasteiger charge is 2.28. The zero-order valence-electron chi connectivity index (χ0n) is 10.2. The van der Waals surface area contributed by atoms with Gasteiger partial charge in [0.05, 0.1) is 5.92 Å². The number of halogens is 1. The van der Waals surface area contributed by atoms with Crippen molar-refractivity contribution in [3.8, 4) is 0 Å². The van der Waals surface area contributed by atoms with Crippen LogP contribution < -0.4 is 0 Å². The van der Waals surface area contributed by atoms with Crippen LogP contribution in [0, 0.1) is 0 Å². The lowest BCUT2D eigenvalue weighted by Gasteiger charge is -2.19. The Labute approximate surface area is 117 Å². The number of aryl methyl sites for hydroxylation is 1. The fourth-order valence-corrected chi connectivity index (χ4v) is 3.37. The van der Waals surface area contributed by atoms with Crippen molar-refractivity contribution in [2.75, 3.05) is 0 Å². The summed E-state index contributed by atoms with van der Waals surface area (Å²) in [5.41, 5.74) is 3.83. The summed E-state index contributed by atoms with van der Waals surface area (Å²) in [6.07, 6.45) is 3.34. The maximum Gasteiger partial charge on any atom is 0.183 e. The van der Waals surface area contributed by atoms with Gasteiger partial charge in [-0.05, 0) is 43.0 Å². The standard InChI is InChI=1S/C13H12BrN5/c14-7-4-5-11-10(6-7)8-2-1-3-9(12(8)15-11)13-16-18-19-17-13/h4-6,9,15H,1-3H2,(H,16,17,18,19)/t9-/m0/s1. The minimum absolute atomic E-state index is 0.230. The van der Waals surface area contributed by atoms with Crippen LogP contribution in [-0.2, 0) is 6.42 Å². The Kier molecular flexibility index (Phi) is 2.44. The molecule has 0 radical (unpaired) electrons. The Balaban J connectivity index is 1.94. The van der Waals surface area contributed by atoms with Gasteiger partial charge < -0.3 is 4.98 Å². The predicted octanol–water partition coefficient (Wildman–Crippen LogP) is 2.91. The van der Waals surface area contributed by atoms with E-state index in [1.54, 1.807) is 0 Å². The van der Waals surface area contributed by atoms with Gasteiger partial charge in [0.15, 0.2) is 5.82 Å². The van der Waals surface area contributed by atoms with Crippen LogP contribution in [0.2, 0.25) is 0 Å². The molecular formula is C13H12BrN5. The van der Waals surface area contributed by atoms with E-state index in [0.717, 1.165) is 29.6 Å². The van der Waals surface area contributed by atoms with Crippen LogP contribution in [0.4, 0.5) is 0 Å². The van der Waals surface area contributed by atoms with Crippen LogP contribution >= 0.6 is 15.9 Å². The molecule has 0 fully saturated rings. The summed E-state index contributed by atoms with van der Waals surface area (Å²) in [7, 11) is 0. The third kappa shape index (κ3) is 1.70. The molecule has 0 amide bonds. The average Bonchev–Trinajstić information content (AvgIpc) is 3.05. The molecule has 0 spiro atoms. The van der Waals surface area contributed by atoms with Gasteiger partial charge in [-0.2, -0.15) is 5.21 Å². The number of fused-ring (bicyclic) bond motifs is 3. The van der Waals surface area contributed by atoms with Crippen molar-refractivity contribution in [3.63, 3.8) is 0 Å². The molecule has 4 rings (SSSR count). The molecule has 19 heavy (non-hydrogen) atoms. The Bertz CT molecular complexity index is 731. The number of nitrogens with one attached hydrogen (secondary N) is 2. The van der Waals surface area contributed by atoms with Crippen molar-refractivity contribution in [2.45, 2.75) is 25.2 Å². The zero-order chi connectivity index (χ0) is 12.8. The van der Waals surface area contributed by atoms with Crippen molar-refractivity contribution < 1.29 is 0 Å². The van der Waals surface area contributed by atoms with Crippen molar-refractivity contribution >= 4 is 26.8 Å². The summed E-state index contributed by atoms with van der Waals surface area (Å²) in [4.78, 5) is 3.54. The number of nitrogens with zero attached hydrogens (tertiary/aromatic N) is 3. The molecule has 6 heteroatoms. The van der Waals surface area contributed by atoms with E-state index in [-0.39, 0.29) is 5.92 Å². The second-order valence-corrected chi connectivity index (χ2v) is 5.84. The fraction of sp³-hybridized carbons (Fsp3) is 0.308. The van der Waals surface area contributed by atoms with Gasteiger partial charge in [0, 0.05) is 21.1 Å². The van der Waals surface area contributed by atoms with E-state index in [0.29, 0.717) is 0 Å². The minimum Gasteiger partial charge on any atom is -0.358 e. The molecule has 0 saturated heterocycles. The van der Waals surface area contributed by atoms with E-state index in [4.69, 9.17) is 0 Å². The summed E-state index contributed by atoms with van der Waals surface area (Å²) in [5.74, 6) is 1.01. The quantitative estimate of drug-likeness (QED) is 0.725. The molecule has 5 nitrogen and oxygen atoms in total. The molecule has 96 valence electrons. The lowest BCUT2D eigenvalue weighted by Crippen LogP contribution is -2.12. The first kappa shape index (κ1) is 11.2. The predicted molar refractivity (Wildman–Crippen MR) is 75.0 cm³/mol. The molecule has 1 aromatic carbocycles. The Morgan fingerprint density at radius 2 is 2.26 bits per heavy atom. The highest BCUT2D eigenvalue weighted by atomic mass is 79.9. The van der Waals surface area contributed by atoms with Crippen molar-refractivity contribution in [1.29, 1.82) is 0 Å². The molecule has 0 saturated carbocycles. The average molecular weight is 318 g/mol. The number of rotatable bonds is 1. The maximum absolute atomic E-state index is 4.15. The maximum atomic E-state index is 4.15. The zero-order valence-corrected chi connectivity index (χ0v) is 11.7. The van der Waals surface area contributed by atoms with Crippen LogP contribution in [0.25, 0.3) is 10.9 Å². The summed E-state index contributed by atoms with van der Waals surface area (Å²) in [6.45, 7) is 0. The van der Waals surface area contributed by atoms with Crippen molar-refractivity contribution in [2.24, 2.45) is 0 Å². The fourth-order valence-electron chi connectivity index (χ4n) is 3.01. The lowest BCUT2D eigenvalue weighted by atomic mass is 9.86. The van der Waals surface area contributed by atoms with E-state index in [1.807, 2.05) is 0 Å². The first-order valence-corrected chi connectivity index (χ1v) is 7.15. The van der Waals surface area contributed by atoms with Gasteiger partial charge in [-0.3, -0.25) is 0 Å². The molecule has 0 unspecified atom stereocenters. The number of H-pyrrole nitrogens is 2. The van der Waals surface area contributed by atoms with Crippen LogP contribution in [-0.4, -0.2) is 25.6 Å². The third-order valence-corrected chi connectivity index (χ3v) is 4.34. The Morgan fingerprint density at radius 3 is 3.11 bits per heavy atom. The van der Waals surface area contributed by atoms with Crippen molar-refractivity contribution in [1.82, 2.24) is 25.6 Å². The number of tetrazole rings is 1. The monoisotopic (exact) mass is 317 g/mol. The molecule has 0 bridgehead atoms. The van der Waals surface area contributed by atoms with Crippen LogP contribution in [0.3, 0.4) is 0 Å². The van der Waals surface area contributed by atoms with Gasteiger partial charge in [0.1, 0.15) is 0 Å². The second-order valence-electron chi connectivity index (χ2n) is 4.92. The molecule has 1 atom stereocenters. The summed E-state index contributed by atoms with van der Waals surface area (Å²) in [6, 6.07) is 6.36.